The van der Waals surface area contributed by atoms with Crippen molar-refractivity contribution in [2.45, 2.75) is 19.8 Å². The highest BCUT2D eigenvalue weighted by molar-refractivity contribution is 6.55. The first kappa shape index (κ1) is 20.8. The highest BCUT2D eigenvalue weighted by atomic mass is 35.5. The third-order valence-electron chi connectivity index (χ3n) is 3.68. The summed E-state index contributed by atoms with van der Waals surface area (Å²) in [5.41, 5.74) is 1.14. The number of ether oxygens (including phenoxy) is 1. The molecule has 0 aliphatic heterocycles. The zero-order valence-corrected chi connectivity index (χ0v) is 17.4. The van der Waals surface area contributed by atoms with E-state index in [2.05, 4.69) is 24.0 Å². The molecule has 0 spiro atoms. The van der Waals surface area contributed by atoms with Crippen LogP contribution < -0.4 is 9.64 Å². The molecule has 25 heavy (non-hydrogen) atoms. The van der Waals surface area contributed by atoms with E-state index in [0.717, 1.165) is 25.1 Å². The Bertz CT molecular complexity index is 679. The molecule has 2 aromatic rings. The van der Waals surface area contributed by atoms with Crippen molar-refractivity contribution >= 4 is 63.7 Å². The number of para-hydroxylation sites is 1. The second kappa shape index (κ2) is 9.99. The van der Waals surface area contributed by atoms with E-state index in [1.54, 1.807) is 0 Å². The maximum Gasteiger partial charge on any atom is 0.159 e. The summed E-state index contributed by atoms with van der Waals surface area (Å²) in [5, 5.41) is 0.735. The minimum Gasteiger partial charge on any atom is -0.488 e. The van der Waals surface area contributed by atoms with Gasteiger partial charge in [-0.3, -0.25) is 0 Å². The van der Waals surface area contributed by atoms with E-state index < -0.39 is 0 Å². The van der Waals surface area contributed by atoms with Gasteiger partial charge in [0.15, 0.2) is 5.75 Å². The number of benzene rings is 2. The lowest BCUT2D eigenvalue weighted by molar-refractivity contribution is 0.324. The molecule has 2 rings (SSSR count). The van der Waals surface area contributed by atoms with Gasteiger partial charge in [-0.05, 0) is 18.6 Å². The van der Waals surface area contributed by atoms with E-state index in [4.69, 9.17) is 62.7 Å². The van der Waals surface area contributed by atoms with Crippen LogP contribution in [-0.4, -0.2) is 19.7 Å². The number of nitrogens with zero attached hydrogens (tertiary/aromatic N) is 1. The van der Waals surface area contributed by atoms with Gasteiger partial charge in [-0.2, -0.15) is 0 Å². The molecule has 2 nitrogen and oxygen atoms in total. The Morgan fingerprint density at radius 2 is 1.36 bits per heavy atom. The fraction of sp³-hybridized carbons (Fsp3) is 0.333. The first-order chi connectivity index (χ1) is 12.0. The van der Waals surface area contributed by atoms with Crippen molar-refractivity contribution in [3.63, 3.8) is 0 Å². The van der Waals surface area contributed by atoms with Crippen molar-refractivity contribution in [1.82, 2.24) is 0 Å². The van der Waals surface area contributed by atoms with Crippen LogP contribution in [0.3, 0.4) is 0 Å². The molecule has 0 radical (unpaired) electrons. The molecule has 0 fully saturated rings. The average molecular weight is 442 g/mol. The summed E-state index contributed by atoms with van der Waals surface area (Å²) in [7, 11) is 0. The standard InChI is InChI=1S/C18H18Cl5NO/c1-2-3-9-24(12-7-5-4-6-8-12)10-11-25-18-16(22)14(20)13(19)15(21)17(18)23/h4-8H,2-3,9-11H2,1H3. The van der Waals surface area contributed by atoms with Crippen LogP contribution in [-0.2, 0) is 0 Å². The summed E-state index contributed by atoms with van der Waals surface area (Å²) >= 11 is 30.5. The summed E-state index contributed by atoms with van der Waals surface area (Å²) in [4.78, 5) is 2.25. The number of hydrogen-bond donors (Lipinski definition) is 0. The number of halogens is 5. The Morgan fingerprint density at radius 1 is 0.800 bits per heavy atom. The molecule has 0 aromatic heterocycles. The van der Waals surface area contributed by atoms with Gasteiger partial charge >= 0.3 is 0 Å². The molecule has 0 amide bonds. The molecular weight excluding hydrogens is 423 g/mol. The third kappa shape index (κ3) is 5.24. The van der Waals surface area contributed by atoms with Crippen molar-refractivity contribution in [3.8, 4) is 5.75 Å². The lowest BCUT2D eigenvalue weighted by Gasteiger charge is -2.25. The van der Waals surface area contributed by atoms with Crippen LogP contribution in [0.5, 0.6) is 5.75 Å². The van der Waals surface area contributed by atoms with Gasteiger partial charge in [0.1, 0.15) is 16.7 Å². The number of rotatable bonds is 8. The zero-order chi connectivity index (χ0) is 18.4. The van der Waals surface area contributed by atoms with Crippen molar-refractivity contribution in [3.05, 3.63) is 55.4 Å². The predicted molar refractivity (Wildman–Crippen MR) is 111 cm³/mol. The lowest BCUT2D eigenvalue weighted by Crippen LogP contribution is -2.29. The number of unbranched alkanes of at least 4 members (excludes halogenated alkanes) is 1. The predicted octanol–water partition coefficient (Wildman–Crippen LogP) is 7.64. The van der Waals surface area contributed by atoms with Crippen LogP contribution in [0.1, 0.15) is 19.8 Å². The molecule has 0 aliphatic rings. The Kier molecular flexibility index (Phi) is 8.31. The topological polar surface area (TPSA) is 12.5 Å². The van der Waals surface area contributed by atoms with Crippen LogP contribution in [0.25, 0.3) is 0 Å². The molecule has 0 bridgehead atoms. The van der Waals surface area contributed by atoms with E-state index in [1.165, 1.54) is 0 Å². The molecular formula is C18H18Cl5NO. The van der Waals surface area contributed by atoms with E-state index in [9.17, 15) is 0 Å². The van der Waals surface area contributed by atoms with E-state index in [1.807, 2.05) is 18.2 Å². The quantitative estimate of drug-likeness (QED) is 0.308. The molecule has 0 aliphatic carbocycles. The van der Waals surface area contributed by atoms with Crippen molar-refractivity contribution in [2.24, 2.45) is 0 Å². The maximum atomic E-state index is 6.19. The SMILES string of the molecule is CCCCN(CCOc1c(Cl)c(Cl)c(Cl)c(Cl)c1Cl)c1ccccc1. The summed E-state index contributed by atoms with van der Waals surface area (Å²) < 4.78 is 5.78. The van der Waals surface area contributed by atoms with E-state index in [0.29, 0.717) is 13.2 Å². The largest absolute Gasteiger partial charge is 0.488 e. The second-order valence-corrected chi connectivity index (χ2v) is 7.31. The third-order valence-corrected chi connectivity index (χ3v) is 5.92. The summed E-state index contributed by atoms with van der Waals surface area (Å²) in [5.74, 6) is 0.256. The summed E-state index contributed by atoms with van der Waals surface area (Å²) in [6.07, 6.45) is 2.21. The lowest BCUT2D eigenvalue weighted by atomic mass is 10.2. The van der Waals surface area contributed by atoms with E-state index in [-0.39, 0.29) is 30.9 Å². The average Bonchev–Trinajstić information content (AvgIpc) is 2.64. The fourth-order valence-corrected chi connectivity index (χ4v) is 3.56. The van der Waals surface area contributed by atoms with Crippen molar-refractivity contribution in [2.75, 3.05) is 24.6 Å². The number of hydrogen-bond acceptors (Lipinski definition) is 2. The van der Waals surface area contributed by atoms with Gasteiger partial charge in [0.2, 0.25) is 0 Å². The molecule has 0 atom stereocenters. The smallest absolute Gasteiger partial charge is 0.159 e. The Labute approximate surface area is 173 Å². The molecule has 0 saturated carbocycles. The van der Waals surface area contributed by atoms with Gasteiger partial charge in [0.05, 0.1) is 21.6 Å². The Balaban J connectivity index is 2.10. The first-order valence-corrected chi connectivity index (χ1v) is 9.80. The van der Waals surface area contributed by atoms with Crippen LogP contribution in [0.2, 0.25) is 25.1 Å². The molecule has 0 unspecified atom stereocenters. The normalized spacial score (nSPS) is 10.8. The van der Waals surface area contributed by atoms with E-state index >= 15 is 0 Å². The van der Waals surface area contributed by atoms with Gasteiger partial charge in [0, 0.05) is 12.2 Å². The van der Waals surface area contributed by atoms with Crippen molar-refractivity contribution < 1.29 is 4.74 Å². The van der Waals surface area contributed by atoms with Gasteiger partial charge < -0.3 is 9.64 Å². The highest BCUT2D eigenvalue weighted by Crippen LogP contribution is 2.48. The summed E-state index contributed by atoms with van der Waals surface area (Å²) in [6.45, 7) is 4.16. The molecule has 0 heterocycles. The van der Waals surface area contributed by atoms with Gasteiger partial charge in [-0.15, -0.1) is 0 Å². The highest BCUT2D eigenvalue weighted by Gasteiger charge is 2.20. The molecule has 136 valence electrons. The van der Waals surface area contributed by atoms with Crippen molar-refractivity contribution in [1.29, 1.82) is 0 Å². The zero-order valence-electron chi connectivity index (χ0n) is 13.7. The van der Waals surface area contributed by atoms with Crippen LogP contribution in [0.4, 0.5) is 5.69 Å². The van der Waals surface area contributed by atoms with Gasteiger partial charge in [-0.25, -0.2) is 0 Å². The molecule has 0 saturated heterocycles. The fourth-order valence-electron chi connectivity index (χ4n) is 2.33. The Hall–Kier alpha value is -0.510. The minimum absolute atomic E-state index is 0.125. The number of anilines is 1. The minimum atomic E-state index is 0.125. The van der Waals surface area contributed by atoms with Gasteiger partial charge in [-0.1, -0.05) is 89.5 Å². The monoisotopic (exact) mass is 439 g/mol. The molecule has 2 aromatic carbocycles. The van der Waals surface area contributed by atoms with Crippen LogP contribution in [0, 0.1) is 0 Å². The molecule has 7 heteroatoms. The van der Waals surface area contributed by atoms with Crippen LogP contribution in [0.15, 0.2) is 30.3 Å². The van der Waals surface area contributed by atoms with Gasteiger partial charge in [0.25, 0.3) is 0 Å². The maximum absolute atomic E-state index is 6.19. The second-order valence-electron chi connectivity index (χ2n) is 5.42. The Morgan fingerprint density at radius 3 is 1.92 bits per heavy atom. The summed E-state index contributed by atoms with van der Waals surface area (Å²) in [6, 6.07) is 10.2. The molecule has 0 N–H and O–H groups in total. The van der Waals surface area contributed by atoms with Crippen LogP contribution >= 0.6 is 58.0 Å². The first-order valence-electron chi connectivity index (χ1n) is 7.91.